The van der Waals surface area contributed by atoms with Crippen LogP contribution in [0.5, 0.6) is 0 Å². The third kappa shape index (κ3) is 5.06. The summed E-state index contributed by atoms with van der Waals surface area (Å²) < 4.78 is 1.86. The van der Waals surface area contributed by atoms with Crippen LogP contribution in [0, 0.1) is 5.92 Å². The van der Waals surface area contributed by atoms with Crippen molar-refractivity contribution < 1.29 is 0 Å². The number of rotatable bonds is 5. The zero-order valence-corrected chi connectivity index (χ0v) is 13.7. The van der Waals surface area contributed by atoms with Gasteiger partial charge in [0.25, 0.3) is 0 Å². The monoisotopic (exact) mass is 291 g/mol. The second-order valence-electron chi connectivity index (χ2n) is 6.05. The Balaban J connectivity index is 1.82. The lowest BCUT2D eigenvalue weighted by atomic mass is 10.0. The van der Waals surface area contributed by atoms with Crippen LogP contribution in [0.15, 0.2) is 17.4 Å². The van der Waals surface area contributed by atoms with E-state index >= 15 is 0 Å². The van der Waals surface area contributed by atoms with Crippen molar-refractivity contribution in [2.24, 2.45) is 18.0 Å². The number of aliphatic imine (C=N–C) groups is 1. The molecule has 1 aromatic heterocycles. The molecular weight excluding hydrogens is 262 g/mol. The molecule has 5 nitrogen and oxygen atoms in total. The molecule has 0 bridgehead atoms. The van der Waals surface area contributed by atoms with Gasteiger partial charge in [-0.25, -0.2) is 0 Å². The molecule has 1 N–H and O–H groups in total. The summed E-state index contributed by atoms with van der Waals surface area (Å²) in [5.74, 6) is 1.87. The fourth-order valence-electron chi connectivity index (χ4n) is 2.88. The second-order valence-corrected chi connectivity index (χ2v) is 6.05. The third-order valence-corrected chi connectivity index (χ3v) is 3.93. The predicted octanol–water partition coefficient (Wildman–Crippen LogP) is 2.05. The average molecular weight is 291 g/mol. The minimum absolute atomic E-state index is 0.776. The van der Waals surface area contributed by atoms with Gasteiger partial charge in [-0.15, -0.1) is 0 Å². The minimum Gasteiger partial charge on any atom is -0.357 e. The van der Waals surface area contributed by atoms with Crippen LogP contribution in [-0.2, 0) is 13.5 Å². The van der Waals surface area contributed by atoms with Gasteiger partial charge in [0.05, 0.1) is 6.20 Å². The Morgan fingerprint density at radius 3 is 3.05 bits per heavy atom. The van der Waals surface area contributed by atoms with Crippen LogP contribution in [0.1, 0.15) is 38.7 Å². The number of nitrogens with zero attached hydrogens (tertiary/aromatic N) is 4. The van der Waals surface area contributed by atoms with E-state index in [-0.39, 0.29) is 0 Å². The first-order valence-corrected chi connectivity index (χ1v) is 8.19. The molecule has 2 heterocycles. The Hall–Kier alpha value is -1.52. The van der Waals surface area contributed by atoms with Gasteiger partial charge in [0.1, 0.15) is 0 Å². The molecule has 0 aromatic carbocycles. The van der Waals surface area contributed by atoms with Crippen molar-refractivity contribution in [2.75, 3.05) is 26.2 Å². The summed E-state index contributed by atoms with van der Waals surface area (Å²) >= 11 is 0. The van der Waals surface area contributed by atoms with E-state index in [9.17, 15) is 0 Å². The molecule has 0 spiro atoms. The van der Waals surface area contributed by atoms with Crippen LogP contribution < -0.4 is 5.32 Å². The highest BCUT2D eigenvalue weighted by molar-refractivity contribution is 5.80. The summed E-state index contributed by atoms with van der Waals surface area (Å²) in [7, 11) is 1.96. The largest absolute Gasteiger partial charge is 0.357 e. The topological polar surface area (TPSA) is 45.5 Å². The van der Waals surface area contributed by atoms with E-state index in [0.29, 0.717) is 0 Å². The lowest BCUT2D eigenvalue weighted by molar-refractivity contribution is 0.266. The van der Waals surface area contributed by atoms with Crippen molar-refractivity contribution in [3.63, 3.8) is 0 Å². The van der Waals surface area contributed by atoms with E-state index in [4.69, 9.17) is 4.99 Å². The highest BCUT2D eigenvalue weighted by Crippen LogP contribution is 2.15. The van der Waals surface area contributed by atoms with Gasteiger partial charge in [-0.05, 0) is 44.1 Å². The smallest absolute Gasteiger partial charge is 0.193 e. The molecule has 0 amide bonds. The number of guanidine groups is 1. The Morgan fingerprint density at radius 2 is 2.38 bits per heavy atom. The minimum atomic E-state index is 0.776. The molecule has 0 aliphatic carbocycles. The molecule has 5 heteroatoms. The maximum Gasteiger partial charge on any atom is 0.193 e. The van der Waals surface area contributed by atoms with Gasteiger partial charge in [0.15, 0.2) is 5.96 Å². The highest BCUT2D eigenvalue weighted by atomic mass is 15.3. The number of likely N-dealkylation sites (tertiary alicyclic amines) is 1. The predicted molar refractivity (Wildman–Crippen MR) is 87.5 cm³/mol. The summed E-state index contributed by atoms with van der Waals surface area (Å²) in [6.07, 6.45) is 8.78. The van der Waals surface area contributed by atoms with E-state index in [0.717, 1.165) is 50.9 Å². The molecule has 1 fully saturated rings. The SMILES string of the molecule is CCNC(=NCCCc1cnn(C)c1)N1CCCC(C)C1. The van der Waals surface area contributed by atoms with Crippen LogP contribution in [-0.4, -0.2) is 46.8 Å². The molecular formula is C16H29N5. The van der Waals surface area contributed by atoms with Gasteiger partial charge in [0, 0.05) is 39.4 Å². The molecule has 1 unspecified atom stereocenters. The maximum atomic E-state index is 4.80. The Kier molecular flexibility index (Phi) is 6.08. The molecule has 0 saturated carbocycles. The first-order valence-electron chi connectivity index (χ1n) is 8.19. The molecule has 0 radical (unpaired) electrons. The van der Waals surface area contributed by atoms with Gasteiger partial charge in [-0.3, -0.25) is 9.67 Å². The third-order valence-electron chi connectivity index (χ3n) is 3.93. The molecule has 1 aromatic rings. The first-order chi connectivity index (χ1) is 10.2. The van der Waals surface area contributed by atoms with E-state index in [1.54, 1.807) is 0 Å². The molecule has 1 aliphatic rings. The summed E-state index contributed by atoms with van der Waals surface area (Å²) in [5, 5.41) is 7.64. The van der Waals surface area contributed by atoms with Crippen LogP contribution in [0.2, 0.25) is 0 Å². The van der Waals surface area contributed by atoms with Crippen LogP contribution in [0.3, 0.4) is 0 Å². The first kappa shape index (κ1) is 15.9. The average Bonchev–Trinajstić information content (AvgIpc) is 2.88. The van der Waals surface area contributed by atoms with Gasteiger partial charge >= 0.3 is 0 Å². The van der Waals surface area contributed by atoms with Crippen molar-refractivity contribution in [1.29, 1.82) is 0 Å². The van der Waals surface area contributed by atoms with E-state index in [1.807, 2.05) is 17.9 Å². The van der Waals surface area contributed by atoms with Crippen LogP contribution >= 0.6 is 0 Å². The Bertz CT molecular complexity index is 451. The zero-order chi connectivity index (χ0) is 15.1. The van der Waals surface area contributed by atoms with E-state index in [1.165, 1.54) is 18.4 Å². The van der Waals surface area contributed by atoms with Crippen molar-refractivity contribution in [3.05, 3.63) is 18.0 Å². The molecule has 21 heavy (non-hydrogen) atoms. The van der Waals surface area contributed by atoms with Crippen molar-refractivity contribution in [2.45, 2.75) is 39.5 Å². The lowest BCUT2D eigenvalue weighted by Crippen LogP contribution is -2.46. The van der Waals surface area contributed by atoms with Gasteiger partial charge in [-0.1, -0.05) is 6.92 Å². The van der Waals surface area contributed by atoms with Crippen LogP contribution in [0.25, 0.3) is 0 Å². The van der Waals surface area contributed by atoms with E-state index < -0.39 is 0 Å². The van der Waals surface area contributed by atoms with Gasteiger partial charge in [0.2, 0.25) is 0 Å². The van der Waals surface area contributed by atoms with Crippen molar-refractivity contribution in [1.82, 2.24) is 20.0 Å². The highest BCUT2D eigenvalue weighted by Gasteiger charge is 2.18. The Labute approximate surface area is 128 Å². The lowest BCUT2D eigenvalue weighted by Gasteiger charge is -2.33. The summed E-state index contributed by atoms with van der Waals surface area (Å²) in [6, 6.07) is 0. The molecule has 2 rings (SSSR count). The van der Waals surface area contributed by atoms with Gasteiger partial charge in [-0.2, -0.15) is 5.10 Å². The number of nitrogens with one attached hydrogen (secondary N) is 1. The summed E-state index contributed by atoms with van der Waals surface area (Å²) in [4.78, 5) is 7.22. The summed E-state index contributed by atoms with van der Waals surface area (Å²) in [5.41, 5.74) is 1.30. The van der Waals surface area contributed by atoms with Gasteiger partial charge < -0.3 is 10.2 Å². The number of piperidine rings is 1. The standard InChI is InChI=1S/C16H29N5/c1-4-17-16(21-10-6-7-14(2)12-21)18-9-5-8-15-11-19-20(3)13-15/h11,13-14H,4-10,12H2,1-3H3,(H,17,18). The number of aryl methyl sites for hydroxylation is 2. The number of hydrogen-bond donors (Lipinski definition) is 1. The quantitative estimate of drug-likeness (QED) is 0.513. The van der Waals surface area contributed by atoms with Crippen LogP contribution in [0.4, 0.5) is 0 Å². The maximum absolute atomic E-state index is 4.80. The van der Waals surface area contributed by atoms with Crippen molar-refractivity contribution >= 4 is 5.96 Å². The fourth-order valence-corrected chi connectivity index (χ4v) is 2.88. The molecule has 1 aliphatic heterocycles. The Morgan fingerprint density at radius 1 is 1.52 bits per heavy atom. The number of hydrogen-bond acceptors (Lipinski definition) is 2. The van der Waals surface area contributed by atoms with E-state index in [2.05, 4.69) is 35.4 Å². The normalized spacial score (nSPS) is 19.9. The summed E-state index contributed by atoms with van der Waals surface area (Å²) in [6.45, 7) is 8.55. The molecule has 1 atom stereocenters. The van der Waals surface area contributed by atoms with Crippen molar-refractivity contribution in [3.8, 4) is 0 Å². The second kappa shape index (κ2) is 8.05. The molecule has 118 valence electrons. The zero-order valence-electron chi connectivity index (χ0n) is 13.7. The fraction of sp³-hybridized carbons (Fsp3) is 0.750. The number of aromatic nitrogens is 2. The molecule has 1 saturated heterocycles.